The van der Waals surface area contributed by atoms with E-state index in [1.54, 1.807) is 13.2 Å². The average molecular weight is 286 g/mol. The third-order valence-electron chi connectivity index (χ3n) is 3.43. The summed E-state index contributed by atoms with van der Waals surface area (Å²) in [5.74, 6) is 0.807. The molecule has 106 valence electrons. The molecule has 0 radical (unpaired) electrons. The van der Waals surface area contributed by atoms with Crippen molar-refractivity contribution in [3.05, 3.63) is 72.4 Å². The van der Waals surface area contributed by atoms with Gasteiger partial charge in [0.15, 0.2) is 0 Å². The lowest BCUT2D eigenvalue weighted by Crippen LogP contribution is -1.91. The zero-order valence-corrected chi connectivity index (χ0v) is 12.2. The zero-order valence-electron chi connectivity index (χ0n) is 12.2. The first-order valence-corrected chi connectivity index (χ1v) is 6.92. The van der Waals surface area contributed by atoms with Gasteiger partial charge in [-0.05, 0) is 35.4 Å². The third kappa shape index (κ3) is 2.82. The normalized spacial score (nSPS) is 10.0. The fourth-order valence-corrected chi connectivity index (χ4v) is 2.29. The van der Waals surface area contributed by atoms with Crippen LogP contribution in [-0.4, -0.2) is 12.1 Å². The summed E-state index contributed by atoms with van der Waals surface area (Å²) >= 11 is 0. The van der Waals surface area contributed by atoms with Gasteiger partial charge in [-0.25, -0.2) is 4.98 Å². The summed E-state index contributed by atoms with van der Waals surface area (Å²) in [7, 11) is 1.64. The molecule has 0 saturated carbocycles. The van der Waals surface area contributed by atoms with Crippen LogP contribution < -0.4 is 4.74 Å². The Bertz CT molecular complexity index is 818. The molecule has 0 atom stereocenters. The second kappa shape index (κ2) is 6.11. The maximum absolute atomic E-state index is 9.23. The van der Waals surface area contributed by atoms with Crippen LogP contribution in [0.15, 0.2) is 66.7 Å². The van der Waals surface area contributed by atoms with Gasteiger partial charge in [-0.3, -0.25) is 0 Å². The standard InChI is InChI=1S/C19H14N2O/c1-22-18-9-7-14(8-10-18)16-11-17(13-20)21-19(12-16)15-5-3-2-4-6-15/h2-12H,1H3. The van der Waals surface area contributed by atoms with E-state index >= 15 is 0 Å². The van der Waals surface area contributed by atoms with Crippen molar-refractivity contribution in [1.29, 1.82) is 5.26 Å². The highest BCUT2D eigenvalue weighted by Crippen LogP contribution is 2.27. The minimum absolute atomic E-state index is 0.409. The fraction of sp³-hybridized carbons (Fsp3) is 0.0526. The van der Waals surface area contributed by atoms with Crippen LogP contribution in [0, 0.1) is 11.3 Å². The summed E-state index contributed by atoms with van der Waals surface area (Å²) in [5, 5.41) is 9.23. The first-order valence-electron chi connectivity index (χ1n) is 6.92. The SMILES string of the molecule is COc1ccc(-c2cc(C#N)nc(-c3ccccc3)c2)cc1. The molecule has 3 nitrogen and oxygen atoms in total. The molecule has 0 fully saturated rings. The minimum atomic E-state index is 0.409. The van der Waals surface area contributed by atoms with E-state index in [-0.39, 0.29) is 0 Å². The van der Waals surface area contributed by atoms with Gasteiger partial charge in [0.1, 0.15) is 17.5 Å². The number of nitrogens with zero attached hydrogens (tertiary/aromatic N) is 2. The molecule has 0 aliphatic heterocycles. The van der Waals surface area contributed by atoms with Crippen molar-refractivity contribution in [1.82, 2.24) is 4.98 Å². The van der Waals surface area contributed by atoms with E-state index in [1.807, 2.05) is 60.7 Å². The molecule has 0 bridgehead atoms. The Morgan fingerprint density at radius 1 is 0.864 bits per heavy atom. The lowest BCUT2D eigenvalue weighted by molar-refractivity contribution is 0.415. The van der Waals surface area contributed by atoms with E-state index in [2.05, 4.69) is 11.1 Å². The lowest BCUT2D eigenvalue weighted by Gasteiger charge is -2.07. The highest BCUT2D eigenvalue weighted by molar-refractivity contribution is 5.72. The lowest BCUT2D eigenvalue weighted by atomic mass is 10.0. The van der Waals surface area contributed by atoms with Crippen molar-refractivity contribution in [2.45, 2.75) is 0 Å². The Morgan fingerprint density at radius 3 is 2.23 bits per heavy atom. The van der Waals surface area contributed by atoms with Crippen LogP contribution in [0.1, 0.15) is 5.69 Å². The van der Waals surface area contributed by atoms with Gasteiger partial charge in [-0.2, -0.15) is 5.26 Å². The molecule has 22 heavy (non-hydrogen) atoms. The van der Waals surface area contributed by atoms with Crippen molar-refractivity contribution >= 4 is 0 Å². The predicted molar refractivity (Wildman–Crippen MR) is 86.4 cm³/mol. The molecule has 3 heteroatoms. The van der Waals surface area contributed by atoms with Crippen molar-refractivity contribution in [3.63, 3.8) is 0 Å². The summed E-state index contributed by atoms with van der Waals surface area (Å²) in [6, 6.07) is 23.6. The van der Waals surface area contributed by atoms with Crippen LogP contribution in [0.5, 0.6) is 5.75 Å². The number of nitriles is 1. The molecule has 3 rings (SSSR count). The number of hydrogen-bond donors (Lipinski definition) is 0. The van der Waals surface area contributed by atoms with E-state index in [0.717, 1.165) is 28.1 Å². The van der Waals surface area contributed by atoms with Crippen LogP contribution in [0.4, 0.5) is 0 Å². The predicted octanol–water partition coefficient (Wildman–Crippen LogP) is 4.30. The van der Waals surface area contributed by atoms with Crippen molar-refractivity contribution in [3.8, 4) is 34.2 Å². The highest BCUT2D eigenvalue weighted by atomic mass is 16.5. The number of methoxy groups -OCH3 is 1. The number of ether oxygens (including phenoxy) is 1. The molecule has 0 aliphatic carbocycles. The largest absolute Gasteiger partial charge is 0.497 e. The molecular formula is C19H14N2O. The van der Waals surface area contributed by atoms with E-state index in [4.69, 9.17) is 4.74 Å². The van der Waals surface area contributed by atoms with Crippen LogP contribution in [0.25, 0.3) is 22.4 Å². The van der Waals surface area contributed by atoms with Gasteiger partial charge in [0.05, 0.1) is 12.8 Å². The Morgan fingerprint density at radius 2 is 1.59 bits per heavy atom. The molecule has 2 aromatic carbocycles. The molecule has 0 amide bonds. The van der Waals surface area contributed by atoms with Gasteiger partial charge in [0, 0.05) is 5.56 Å². The van der Waals surface area contributed by atoms with Crippen molar-refractivity contribution in [2.24, 2.45) is 0 Å². The van der Waals surface area contributed by atoms with Gasteiger partial charge in [0.2, 0.25) is 0 Å². The van der Waals surface area contributed by atoms with E-state index in [1.165, 1.54) is 0 Å². The molecule has 1 heterocycles. The molecule has 0 unspecified atom stereocenters. The Kier molecular flexibility index (Phi) is 3.84. The highest BCUT2D eigenvalue weighted by Gasteiger charge is 2.07. The molecule has 0 saturated heterocycles. The summed E-state index contributed by atoms with van der Waals surface area (Å²) < 4.78 is 5.18. The molecule has 0 N–H and O–H groups in total. The Balaban J connectivity index is 2.10. The van der Waals surface area contributed by atoms with Crippen LogP contribution in [0.3, 0.4) is 0 Å². The van der Waals surface area contributed by atoms with E-state index < -0.39 is 0 Å². The van der Waals surface area contributed by atoms with Crippen LogP contribution in [-0.2, 0) is 0 Å². The topological polar surface area (TPSA) is 45.9 Å². The maximum atomic E-state index is 9.23. The van der Waals surface area contributed by atoms with Crippen molar-refractivity contribution < 1.29 is 4.74 Å². The van der Waals surface area contributed by atoms with Gasteiger partial charge in [0.25, 0.3) is 0 Å². The maximum Gasteiger partial charge on any atom is 0.141 e. The second-order valence-corrected chi connectivity index (χ2v) is 4.83. The van der Waals surface area contributed by atoms with Crippen molar-refractivity contribution in [2.75, 3.05) is 7.11 Å². The summed E-state index contributed by atoms with van der Waals surface area (Å²) in [6.07, 6.45) is 0. The Hall–Kier alpha value is -3.12. The quantitative estimate of drug-likeness (QED) is 0.721. The first kappa shape index (κ1) is 13.8. The average Bonchev–Trinajstić information content (AvgIpc) is 2.62. The molecule has 1 aromatic heterocycles. The van der Waals surface area contributed by atoms with Gasteiger partial charge in [-0.15, -0.1) is 0 Å². The van der Waals surface area contributed by atoms with Crippen LogP contribution >= 0.6 is 0 Å². The first-order chi connectivity index (χ1) is 10.8. The fourth-order valence-electron chi connectivity index (χ4n) is 2.29. The van der Waals surface area contributed by atoms with E-state index in [9.17, 15) is 5.26 Å². The summed E-state index contributed by atoms with van der Waals surface area (Å²) in [4.78, 5) is 4.40. The molecular weight excluding hydrogens is 272 g/mol. The van der Waals surface area contributed by atoms with Gasteiger partial charge < -0.3 is 4.74 Å². The number of benzene rings is 2. The molecule has 0 spiro atoms. The molecule has 0 aliphatic rings. The zero-order chi connectivity index (χ0) is 15.4. The number of pyridine rings is 1. The summed E-state index contributed by atoms with van der Waals surface area (Å²) in [6.45, 7) is 0. The van der Waals surface area contributed by atoms with Gasteiger partial charge >= 0.3 is 0 Å². The van der Waals surface area contributed by atoms with Crippen LogP contribution in [0.2, 0.25) is 0 Å². The van der Waals surface area contributed by atoms with E-state index in [0.29, 0.717) is 5.69 Å². The number of aromatic nitrogens is 1. The smallest absolute Gasteiger partial charge is 0.141 e. The van der Waals surface area contributed by atoms with Gasteiger partial charge in [-0.1, -0.05) is 42.5 Å². The monoisotopic (exact) mass is 286 g/mol. The summed E-state index contributed by atoms with van der Waals surface area (Å²) in [5.41, 5.74) is 4.19. The Labute approximate surface area is 129 Å². The minimum Gasteiger partial charge on any atom is -0.497 e. The number of hydrogen-bond acceptors (Lipinski definition) is 3. The molecule has 3 aromatic rings. The number of rotatable bonds is 3. The second-order valence-electron chi connectivity index (χ2n) is 4.83. The third-order valence-corrected chi connectivity index (χ3v) is 3.43.